The molecule has 0 radical (unpaired) electrons. The molecule has 2 atom stereocenters. The number of hydrogen-bond acceptors (Lipinski definition) is 4. The highest BCUT2D eigenvalue weighted by molar-refractivity contribution is 5.33. The lowest BCUT2D eigenvalue weighted by atomic mass is 9.91. The predicted octanol–water partition coefficient (Wildman–Crippen LogP) is 4.71. The predicted molar refractivity (Wildman–Crippen MR) is 100 cm³/mol. The van der Waals surface area contributed by atoms with Gasteiger partial charge in [0.1, 0.15) is 17.6 Å². The van der Waals surface area contributed by atoms with Gasteiger partial charge in [-0.1, -0.05) is 19.9 Å². The molecule has 1 aromatic rings. The molecule has 142 valence electrons. The summed E-state index contributed by atoms with van der Waals surface area (Å²) in [6, 6.07) is 7.96. The first kappa shape index (κ1) is 20.1. The fraction of sp³-hybridized carbons (Fsp3) is 0.714. The first-order valence-electron chi connectivity index (χ1n) is 9.50. The van der Waals surface area contributed by atoms with Crippen LogP contribution in [0.15, 0.2) is 24.3 Å². The van der Waals surface area contributed by atoms with E-state index in [2.05, 4.69) is 27.7 Å². The Kier molecular flexibility index (Phi) is 8.04. The minimum atomic E-state index is 0.257. The maximum absolute atomic E-state index is 6.03. The second-order valence-electron chi connectivity index (χ2n) is 7.71. The molecule has 4 heteroatoms. The van der Waals surface area contributed by atoms with Gasteiger partial charge in [-0.3, -0.25) is 0 Å². The average molecular weight is 350 g/mol. The fourth-order valence-corrected chi connectivity index (χ4v) is 3.29. The van der Waals surface area contributed by atoms with Gasteiger partial charge in [0.2, 0.25) is 0 Å². The zero-order valence-corrected chi connectivity index (χ0v) is 16.4. The van der Waals surface area contributed by atoms with Gasteiger partial charge in [-0.15, -0.1) is 0 Å². The van der Waals surface area contributed by atoms with Crippen molar-refractivity contribution in [2.75, 3.05) is 20.3 Å². The molecule has 0 aliphatic heterocycles. The van der Waals surface area contributed by atoms with Crippen LogP contribution in [0.25, 0.3) is 0 Å². The molecule has 0 saturated heterocycles. The molecule has 1 fully saturated rings. The Bertz CT molecular complexity index is 496. The smallest absolute Gasteiger partial charge is 0.123 e. The first-order valence-corrected chi connectivity index (χ1v) is 9.50. The summed E-state index contributed by atoms with van der Waals surface area (Å²) < 4.78 is 23.0. The van der Waals surface area contributed by atoms with E-state index < -0.39 is 0 Å². The molecule has 2 rings (SSSR count). The first-order chi connectivity index (χ1) is 12.0. The third kappa shape index (κ3) is 7.25. The number of hydrogen-bond donors (Lipinski definition) is 0. The SMILES string of the molecule is COCC(C)CC(C)COc1cccc(OC2CC(OC(C)C)C2)c1. The van der Waals surface area contributed by atoms with Crippen LogP contribution in [0, 0.1) is 11.8 Å². The number of rotatable bonds is 11. The van der Waals surface area contributed by atoms with Gasteiger partial charge in [-0.2, -0.15) is 0 Å². The van der Waals surface area contributed by atoms with E-state index >= 15 is 0 Å². The summed E-state index contributed by atoms with van der Waals surface area (Å²) in [5, 5.41) is 0. The minimum Gasteiger partial charge on any atom is -0.493 e. The normalized spacial score (nSPS) is 22.3. The van der Waals surface area contributed by atoms with Gasteiger partial charge in [0, 0.05) is 32.6 Å². The zero-order valence-electron chi connectivity index (χ0n) is 16.4. The molecule has 1 aliphatic rings. The van der Waals surface area contributed by atoms with Crippen molar-refractivity contribution in [3.8, 4) is 11.5 Å². The Hall–Kier alpha value is -1.26. The van der Waals surface area contributed by atoms with E-state index in [-0.39, 0.29) is 12.2 Å². The van der Waals surface area contributed by atoms with Crippen molar-refractivity contribution in [2.45, 2.75) is 65.3 Å². The Balaban J connectivity index is 1.72. The van der Waals surface area contributed by atoms with Crippen molar-refractivity contribution in [3.63, 3.8) is 0 Å². The van der Waals surface area contributed by atoms with Gasteiger partial charge in [0.05, 0.1) is 18.8 Å². The molecule has 0 aromatic heterocycles. The van der Waals surface area contributed by atoms with Crippen LogP contribution >= 0.6 is 0 Å². The number of benzene rings is 1. The molecule has 1 saturated carbocycles. The van der Waals surface area contributed by atoms with Crippen LogP contribution < -0.4 is 9.47 Å². The highest BCUT2D eigenvalue weighted by Crippen LogP contribution is 2.30. The van der Waals surface area contributed by atoms with Crippen LogP contribution in [0.3, 0.4) is 0 Å². The van der Waals surface area contributed by atoms with Gasteiger partial charge < -0.3 is 18.9 Å². The van der Waals surface area contributed by atoms with E-state index in [1.165, 1.54) is 0 Å². The molecule has 2 unspecified atom stereocenters. The van der Waals surface area contributed by atoms with Gasteiger partial charge in [-0.25, -0.2) is 0 Å². The quantitative estimate of drug-likeness (QED) is 0.579. The molecule has 0 spiro atoms. The average Bonchev–Trinajstić information content (AvgIpc) is 2.51. The molecular formula is C21H34O4. The molecule has 4 nitrogen and oxygen atoms in total. The van der Waals surface area contributed by atoms with Crippen molar-refractivity contribution in [3.05, 3.63) is 24.3 Å². The van der Waals surface area contributed by atoms with Crippen LogP contribution in [0.2, 0.25) is 0 Å². The van der Waals surface area contributed by atoms with Crippen molar-refractivity contribution in [2.24, 2.45) is 11.8 Å². The Morgan fingerprint density at radius 2 is 1.64 bits per heavy atom. The zero-order chi connectivity index (χ0) is 18.2. The van der Waals surface area contributed by atoms with Gasteiger partial charge in [0.25, 0.3) is 0 Å². The lowest BCUT2D eigenvalue weighted by Crippen LogP contribution is -2.40. The van der Waals surface area contributed by atoms with Crippen LogP contribution in [-0.2, 0) is 9.47 Å². The lowest BCUT2D eigenvalue weighted by molar-refractivity contribution is -0.0850. The second kappa shape index (κ2) is 10.0. The molecule has 25 heavy (non-hydrogen) atoms. The van der Waals surface area contributed by atoms with E-state index in [0.717, 1.165) is 37.4 Å². The summed E-state index contributed by atoms with van der Waals surface area (Å²) in [7, 11) is 1.75. The van der Waals surface area contributed by atoms with E-state index in [1.54, 1.807) is 7.11 Å². The lowest BCUT2D eigenvalue weighted by Gasteiger charge is -2.36. The summed E-state index contributed by atoms with van der Waals surface area (Å²) in [5.74, 6) is 2.80. The molecule has 0 N–H and O–H groups in total. The molecule has 0 amide bonds. The topological polar surface area (TPSA) is 36.9 Å². The summed E-state index contributed by atoms with van der Waals surface area (Å²) in [4.78, 5) is 0. The monoisotopic (exact) mass is 350 g/mol. The summed E-state index contributed by atoms with van der Waals surface area (Å²) in [5.41, 5.74) is 0. The number of ether oxygens (including phenoxy) is 4. The van der Waals surface area contributed by atoms with Crippen molar-refractivity contribution >= 4 is 0 Å². The maximum Gasteiger partial charge on any atom is 0.123 e. The minimum absolute atomic E-state index is 0.257. The summed E-state index contributed by atoms with van der Waals surface area (Å²) in [6.45, 7) is 10.1. The maximum atomic E-state index is 6.03. The molecule has 1 aliphatic carbocycles. The van der Waals surface area contributed by atoms with E-state index in [0.29, 0.717) is 24.5 Å². The van der Waals surface area contributed by atoms with Crippen LogP contribution in [0.5, 0.6) is 11.5 Å². The third-order valence-corrected chi connectivity index (χ3v) is 4.41. The van der Waals surface area contributed by atoms with Gasteiger partial charge >= 0.3 is 0 Å². The van der Waals surface area contributed by atoms with Gasteiger partial charge in [-0.05, 0) is 44.2 Å². The largest absolute Gasteiger partial charge is 0.493 e. The molecule has 0 heterocycles. The Morgan fingerprint density at radius 1 is 0.960 bits per heavy atom. The van der Waals surface area contributed by atoms with Crippen molar-refractivity contribution < 1.29 is 18.9 Å². The Morgan fingerprint density at radius 3 is 2.32 bits per heavy atom. The van der Waals surface area contributed by atoms with E-state index in [4.69, 9.17) is 18.9 Å². The highest BCUT2D eigenvalue weighted by atomic mass is 16.5. The standard InChI is InChI=1S/C21H34O4/c1-15(2)24-20-11-21(12-20)25-19-8-6-7-18(10-19)23-14-17(4)9-16(3)13-22-5/h6-8,10,15-17,20-21H,9,11-14H2,1-5H3. The van der Waals surface area contributed by atoms with Crippen molar-refractivity contribution in [1.82, 2.24) is 0 Å². The van der Waals surface area contributed by atoms with Crippen molar-refractivity contribution in [1.29, 1.82) is 0 Å². The summed E-state index contributed by atoms with van der Waals surface area (Å²) >= 11 is 0. The molecule has 0 bridgehead atoms. The fourth-order valence-electron chi connectivity index (χ4n) is 3.29. The van der Waals surface area contributed by atoms with Gasteiger partial charge in [0.15, 0.2) is 0 Å². The van der Waals surface area contributed by atoms with Crippen LogP contribution in [0.1, 0.15) is 47.0 Å². The van der Waals surface area contributed by atoms with Crippen LogP contribution in [0.4, 0.5) is 0 Å². The second-order valence-corrected chi connectivity index (χ2v) is 7.71. The van der Waals surface area contributed by atoms with E-state index in [1.807, 2.05) is 24.3 Å². The highest BCUT2D eigenvalue weighted by Gasteiger charge is 2.32. The Labute approximate surface area is 152 Å². The molecule has 1 aromatic carbocycles. The molecular weight excluding hydrogens is 316 g/mol. The van der Waals surface area contributed by atoms with Crippen LogP contribution in [-0.4, -0.2) is 38.6 Å². The van der Waals surface area contributed by atoms with E-state index in [9.17, 15) is 0 Å². The third-order valence-electron chi connectivity index (χ3n) is 4.41. The number of methoxy groups -OCH3 is 1. The summed E-state index contributed by atoms with van der Waals surface area (Å²) in [6.07, 6.45) is 3.93.